The van der Waals surface area contributed by atoms with Crippen molar-refractivity contribution in [2.24, 2.45) is 5.14 Å². The van der Waals surface area contributed by atoms with Gasteiger partial charge in [0.15, 0.2) is 0 Å². The number of hydrogen-bond donors (Lipinski definition) is 1. The zero-order chi connectivity index (χ0) is 15.1. The number of carbonyl (C=O) groups is 1. The first-order chi connectivity index (χ1) is 9.21. The predicted octanol–water partition coefficient (Wildman–Crippen LogP) is 1.92. The summed E-state index contributed by atoms with van der Waals surface area (Å²) in [6.07, 6.45) is 3.08. The molecule has 1 aliphatic carbocycles. The number of sulfonamides is 1. The van der Waals surface area contributed by atoms with Gasteiger partial charge in [-0.1, -0.05) is 11.6 Å². The minimum Gasteiger partial charge on any atom is -0.339 e. The molecule has 2 rings (SSSR count). The van der Waals surface area contributed by atoms with Crippen LogP contribution in [-0.4, -0.2) is 32.3 Å². The van der Waals surface area contributed by atoms with E-state index in [9.17, 15) is 13.2 Å². The SMILES string of the molecule is Cc1cc(C(=O)N(C)C2CCC2)cc(S(N)(=O)=O)c1Cl. The second-order valence-electron chi connectivity index (χ2n) is 5.15. The molecule has 0 aliphatic heterocycles. The summed E-state index contributed by atoms with van der Waals surface area (Å²) in [6.45, 7) is 1.65. The van der Waals surface area contributed by atoms with Crippen LogP contribution in [0.5, 0.6) is 0 Å². The number of nitrogens with zero attached hydrogens (tertiary/aromatic N) is 1. The second-order valence-corrected chi connectivity index (χ2v) is 7.06. The Morgan fingerprint density at radius 3 is 2.45 bits per heavy atom. The van der Waals surface area contributed by atoms with Crippen LogP contribution >= 0.6 is 11.6 Å². The zero-order valence-corrected chi connectivity index (χ0v) is 13.0. The molecule has 1 amide bonds. The second kappa shape index (κ2) is 5.35. The molecule has 20 heavy (non-hydrogen) atoms. The van der Waals surface area contributed by atoms with E-state index in [-0.39, 0.29) is 21.9 Å². The fourth-order valence-electron chi connectivity index (χ4n) is 2.21. The first-order valence-corrected chi connectivity index (χ1v) is 8.24. The summed E-state index contributed by atoms with van der Waals surface area (Å²) in [6, 6.07) is 3.08. The number of nitrogens with two attached hydrogens (primary N) is 1. The van der Waals surface area contributed by atoms with Gasteiger partial charge in [0.25, 0.3) is 5.91 Å². The van der Waals surface area contributed by atoms with Crippen molar-refractivity contribution in [1.82, 2.24) is 4.90 Å². The Morgan fingerprint density at radius 2 is 2.00 bits per heavy atom. The highest BCUT2D eigenvalue weighted by molar-refractivity contribution is 7.89. The molecule has 0 spiro atoms. The van der Waals surface area contributed by atoms with Gasteiger partial charge in [-0.3, -0.25) is 4.79 Å². The van der Waals surface area contributed by atoms with Crippen LogP contribution in [0.2, 0.25) is 5.02 Å². The highest BCUT2D eigenvalue weighted by Crippen LogP contribution is 2.29. The van der Waals surface area contributed by atoms with Gasteiger partial charge < -0.3 is 4.90 Å². The van der Waals surface area contributed by atoms with Gasteiger partial charge in [0.2, 0.25) is 10.0 Å². The lowest BCUT2D eigenvalue weighted by Gasteiger charge is -2.34. The van der Waals surface area contributed by atoms with Gasteiger partial charge in [0.1, 0.15) is 4.90 Å². The Bertz CT molecular complexity index is 654. The molecule has 1 aromatic carbocycles. The van der Waals surface area contributed by atoms with Gasteiger partial charge in [0, 0.05) is 18.7 Å². The molecule has 7 heteroatoms. The Kier molecular flexibility index (Phi) is 4.09. The first-order valence-electron chi connectivity index (χ1n) is 6.32. The normalized spacial score (nSPS) is 15.8. The van der Waals surface area contributed by atoms with E-state index in [1.807, 2.05) is 0 Å². The fourth-order valence-corrected chi connectivity index (χ4v) is 3.34. The molecule has 1 saturated carbocycles. The van der Waals surface area contributed by atoms with Crippen LogP contribution in [0.15, 0.2) is 17.0 Å². The Morgan fingerprint density at radius 1 is 1.40 bits per heavy atom. The van der Waals surface area contributed by atoms with Crippen molar-refractivity contribution in [3.8, 4) is 0 Å². The van der Waals surface area contributed by atoms with Gasteiger partial charge in [-0.15, -0.1) is 0 Å². The van der Waals surface area contributed by atoms with Gasteiger partial charge in [-0.2, -0.15) is 0 Å². The van der Waals surface area contributed by atoms with E-state index in [0.717, 1.165) is 19.3 Å². The van der Waals surface area contributed by atoms with Crippen molar-refractivity contribution in [1.29, 1.82) is 0 Å². The lowest BCUT2D eigenvalue weighted by atomic mass is 9.91. The van der Waals surface area contributed by atoms with E-state index >= 15 is 0 Å². The number of amides is 1. The molecular weight excluding hydrogens is 300 g/mol. The van der Waals surface area contributed by atoms with Crippen LogP contribution in [0, 0.1) is 6.92 Å². The van der Waals surface area contributed by atoms with E-state index in [4.69, 9.17) is 16.7 Å². The van der Waals surface area contributed by atoms with Crippen LogP contribution in [0.1, 0.15) is 35.2 Å². The molecule has 1 aromatic rings. The predicted molar refractivity (Wildman–Crippen MR) is 77.3 cm³/mol. The maximum atomic E-state index is 12.4. The van der Waals surface area contributed by atoms with E-state index in [2.05, 4.69) is 0 Å². The Balaban J connectivity index is 2.42. The minimum absolute atomic E-state index is 0.0651. The third-order valence-electron chi connectivity index (χ3n) is 3.72. The molecule has 0 aromatic heterocycles. The van der Waals surface area contributed by atoms with Crippen LogP contribution in [0.4, 0.5) is 0 Å². The minimum atomic E-state index is -3.95. The number of carbonyl (C=O) groups excluding carboxylic acids is 1. The standard InChI is InChI=1S/C13H17ClN2O3S/c1-8-6-9(7-11(12(8)14)20(15,18)19)13(17)16(2)10-4-3-5-10/h6-7,10H,3-5H2,1-2H3,(H2,15,18,19). The van der Waals surface area contributed by atoms with Crippen molar-refractivity contribution in [3.63, 3.8) is 0 Å². The van der Waals surface area contributed by atoms with Crippen LogP contribution in [-0.2, 0) is 10.0 Å². The average Bonchev–Trinajstić information content (AvgIpc) is 2.27. The van der Waals surface area contributed by atoms with Crippen LogP contribution < -0.4 is 5.14 Å². The van der Waals surface area contributed by atoms with Crippen molar-refractivity contribution < 1.29 is 13.2 Å². The monoisotopic (exact) mass is 316 g/mol. The summed E-state index contributed by atoms with van der Waals surface area (Å²) in [5.74, 6) is -0.209. The molecule has 1 fully saturated rings. The Labute approximate surface area is 123 Å². The maximum absolute atomic E-state index is 12.4. The van der Waals surface area contributed by atoms with Gasteiger partial charge in [-0.05, 0) is 43.9 Å². The van der Waals surface area contributed by atoms with Gasteiger partial charge >= 0.3 is 0 Å². The average molecular weight is 317 g/mol. The quantitative estimate of drug-likeness (QED) is 0.925. The third kappa shape index (κ3) is 2.82. The number of hydrogen-bond acceptors (Lipinski definition) is 3. The zero-order valence-electron chi connectivity index (χ0n) is 11.4. The number of primary sulfonamides is 1. The summed E-state index contributed by atoms with van der Waals surface area (Å²) in [4.78, 5) is 13.8. The molecular formula is C13H17ClN2O3S. The topological polar surface area (TPSA) is 80.5 Å². The molecule has 2 N–H and O–H groups in total. The molecule has 0 saturated heterocycles. The fraction of sp³-hybridized carbons (Fsp3) is 0.462. The molecule has 1 aliphatic rings. The summed E-state index contributed by atoms with van der Waals surface area (Å²) in [5.41, 5.74) is 0.814. The van der Waals surface area contributed by atoms with Crippen LogP contribution in [0.25, 0.3) is 0 Å². The largest absolute Gasteiger partial charge is 0.339 e. The van der Waals surface area contributed by atoms with E-state index in [1.54, 1.807) is 24.9 Å². The lowest BCUT2D eigenvalue weighted by Crippen LogP contribution is -2.41. The first kappa shape index (κ1) is 15.3. The highest BCUT2D eigenvalue weighted by atomic mass is 35.5. The smallest absolute Gasteiger partial charge is 0.253 e. The number of benzene rings is 1. The number of halogens is 1. The van der Waals surface area contributed by atoms with Crippen molar-refractivity contribution in [2.45, 2.75) is 37.1 Å². The van der Waals surface area contributed by atoms with E-state index in [1.165, 1.54) is 6.07 Å². The summed E-state index contributed by atoms with van der Waals surface area (Å²) in [5, 5.41) is 5.20. The van der Waals surface area contributed by atoms with Gasteiger partial charge in [0.05, 0.1) is 5.02 Å². The molecule has 0 atom stereocenters. The lowest BCUT2D eigenvalue weighted by molar-refractivity contribution is 0.0651. The van der Waals surface area contributed by atoms with Crippen molar-refractivity contribution >= 4 is 27.5 Å². The third-order valence-corrected chi connectivity index (χ3v) is 5.27. The number of rotatable bonds is 3. The Hall–Kier alpha value is -1.11. The molecule has 0 unspecified atom stereocenters. The summed E-state index contributed by atoms with van der Waals surface area (Å²) >= 11 is 5.95. The van der Waals surface area contributed by atoms with E-state index in [0.29, 0.717) is 11.1 Å². The summed E-state index contributed by atoms with van der Waals surface area (Å²) in [7, 11) is -2.22. The summed E-state index contributed by atoms with van der Waals surface area (Å²) < 4.78 is 23.0. The molecule has 0 heterocycles. The number of aryl methyl sites for hydroxylation is 1. The molecule has 0 radical (unpaired) electrons. The van der Waals surface area contributed by atoms with E-state index < -0.39 is 10.0 Å². The molecule has 5 nitrogen and oxygen atoms in total. The van der Waals surface area contributed by atoms with Crippen molar-refractivity contribution in [2.75, 3.05) is 7.05 Å². The van der Waals surface area contributed by atoms with Crippen molar-refractivity contribution in [3.05, 3.63) is 28.3 Å². The highest BCUT2D eigenvalue weighted by Gasteiger charge is 2.27. The maximum Gasteiger partial charge on any atom is 0.253 e. The van der Waals surface area contributed by atoms with Gasteiger partial charge in [-0.25, -0.2) is 13.6 Å². The molecule has 0 bridgehead atoms. The molecule has 110 valence electrons. The van der Waals surface area contributed by atoms with Crippen LogP contribution in [0.3, 0.4) is 0 Å².